The number of nitrogens with one attached hydrogen (secondary N) is 1. The van der Waals surface area contributed by atoms with E-state index in [1.54, 1.807) is 0 Å². The van der Waals surface area contributed by atoms with Crippen LogP contribution in [0.3, 0.4) is 0 Å². The largest absolute Gasteiger partial charge is 0.493 e. The van der Waals surface area contributed by atoms with E-state index in [4.69, 9.17) is 17.0 Å². The number of aromatic amines is 1. The van der Waals surface area contributed by atoms with Gasteiger partial charge in [-0.15, -0.1) is 0 Å². The Balaban J connectivity index is 2.10. The van der Waals surface area contributed by atoms with Crippen molar-refractivity contribution in [2.45, 2.75) is 6.42 Å². The van der Waals surface area contributed by atoms with E-state index in [1.165, 1.54) is 5.56 Å². The van der Waals surface area contributed by atoms with Gasteiger partial charge in [0.1, 0.15) is 5.75 Å². The Morgan fingerprint density at radius 2 is 2.12 bits per heavy atom. The minimum Gasteiger partial charge on any atom is -0.493 e. The molecule has 1 N–H and O–H groups in total. The summed E-state index contributed by atoms with van der Waals surface area (Å²) in [7, 11) is 0. The summed E-state index contributed by atoms with van der Waals surface area (Å²) in [6, 6.07) is 10.1. The van der Waals surface area contributed by atoms with Crippen LogP contribution in [0.1, 0.15) is 5.56 Å². The van der Waals surface area contributed by atoms with Crippen LogP contribution in [-0.2, 0) is 6.42 Å². The van der Waals surface area contributed by atoms with Crippen LogP contribution in [-0.4, -0.2) is 11.6 Å². The monoisotopic (exact) mass is 229 g/mol. The van der Waals surface area contributed by atoms with Crippen LogP contribution in [0.2, 0.25) is 0 Å². The molecule has 1 aromatic carbocycles. The third kappa shape index (κ3) is 1.63. The molecule has 80 valence electrons. The van der Waals surface area contributed by atoms with Gasteiger partial charge < -0.3 is 9.72 Å². The Morgan fingerprint density at radius 1 is 1.19 bits per heavy atom. The summed E-state index contributed by atoms with van der Waals surface area (Å²) in [5.74, 6) is 1.01. The number of aromatic nitrogens is 1. The molecular weight excluding hydrogens is 218 g/mol. The molecule has 2 aromatic rings. The summed E-state index contributed by atoms with van der Waals surface area (Å²) in [6.45, 7) is 0.795. The van der Waals surface area contributed by atoms with E-state index in [-0.39, 0.29) is 0 Å². The standard InChI is InChI=1S/C13H11NOS/c16-11-3-5-14-12(8-11)9-1-2-13-10(7-9)4-6-15-13/h1-3,5,7-8H,4,6H2,(H,14,16). The molecule has 1 aromatic heterocycles. The van der Waals surface area contributed by atoms with E-state index in [0.717, 1.165) is 34.5 Å². The molecule has 2 heterocycles. The molecule has 1 aliphatic rings. The third-order valence-electron chi connectivity index (χ3n) is 2.77. The van der Waals surface area contributed by atoms with Crippen molar-refractivity contribution in [3.8, 4) is 17.0 Å². The summed E-state index contributed by atoms with van der Waals surface area (Å²) >= 11 is 5.15. The summed E-state index contributed by atoms with van der Waals surface area (Å²) in [6.07, 6.45) is 2.87. The van der Waals surface area contributed by atoms with Crippen LogP contribution in [0.15, 0.2) is 36.5 Å². The zero-order valence-corrected chi connectivity index (χ0v) is 9.51. The van der Waals surface area contributed by atoms with Gasteiger partial charge in [-0.2, -0.15) is 0 Å². The lowest BCUT2D eigenvalue weighted by Crippen LogP contribution is -1.85. The number of rotatable bonds is 1. The van der Waals surface area contributed by atoms with Crippen molar-refractivity contribution in [1.82, 2.24) is 4.98 Å². The van der Waals surface area contributed by atoms with Gasteiger partial charge in [-0.05, 0) is 41.5 Å². The summed E-state index contributed by atoms with van der Waals surface area (Å²) in [5.41, 5.74) is 3.50. The predicted octanol–water partition coefficient (Wildman–Crippen LogP) is 3.35. The molecule has 0 unspecified atom stereocenters. The molecule has 0 bridgehead atoms. The van der Waals surface area contributed by atoms with Crippen LogP contribution in [0.25, 0.3) is 11.3 Å². The summed E-state index contributed by atoms with van der Waals surface area (Å²) < 4.78 is 6.33. The minimum absolute atomic E-state index is 0.795. The fraction of sp³-hybridized carbons (Fsp3) is 0.154. The Morgan fingerprint density at radius 3 is 3.00 bits per heavy atom. The second-order valence-corrected chi connectivity index (χ2v) is 4.33. The quantitative estimate of drug-likeness (QED) is 0.759. The van der Waals surface area contributed by atoms with Crippen molar-refractivity contribution in [3.05, 3.63) is 46.6 Å². The first kappa shape index (κ1) is 9.60. The fourth-order valence-corrected chi connectivity index (χ4v) is 2.15. The summed E-state index contributed by atoms with van der Waals surface area (Å²) in [4.78, 5) is 3.21. The second kappa shape index (κ2) is 3.76. The molecule has 0 amide bonds. The Bertz CT molecular complexity index is 588. The highest BCUT2D eigenvalue weighted by Crippen LogP contribution is 2.29. The number of fused-ring (bicyclic) bond motifs is 1. The van der Waals surface area contributed by atoms with Gasteiger partial charge in [0.2, 0.25) is 0 Å². The van der Waals surface area contributed by atoms with Crippen molar-refractivity contribution in [2.75, 3.05) is 6.61 Å². The van der Waals surface area contributed by atoms with Crippen LogP contribution >= 0.6 is 12.2 Å². The molecule has 2 nitrogen and oxygen atoms in total. The average Bonchev–Trinajstić information content (AvgIpc) is 2.75. The molecule has 1 aliphatic heterocycles. The molecule has 0 aliphatic carbocycles. The molecule has 0 radical (unpaired) electrons. The molecule has 0 saturated carbocycles. The number of benzene rings is 1. The van der Waals surface area contributed by atoms with Crippen molar-refractivity contribution < 1.29 is 4.74 Å². The van der Waals surface area contributed by atoms with E-state index in [2.05, 4.69) is 17.1 Å². The lowest BCUT2D eigenvalue weighted by atomic mass is 10.1. The Hall–Kier alpha value is -1.61. The van der Waals surface area contributed by atoms with E-state index < -0.39 is 0 Å². The number of hydrogen-bond donors (Lipinski definition) is 1. The first-order valence-corrected chi connectivity index (χ1v) is 5.68. The number of hydrogen-bond acceptors (Lipinski definition) is 2. The highest BCUT2D eigenvalue weighted by Gasteiger charge is 2.12. The number of H-pyrrole nitrogens is 1. The molecule has 0 fully saturated rings. The van der Waals surface area contributed by atoms with Crippen LogP contribution in [0, 0.1) is 4.51 Å². The van der Waals surface area contributed by atoms with Crippen LogP contribution < -0.4 is 4.74 Å². The second-order valence-electron chi connectivity index (χ2n) is 3.86. The van der Waals surface area contributed by atoms with Crippen LogP contribution in [0.5, 0.6) is 5.75 Å². The maximum absolute atomic E-state index is 5.48. The van der Waals surface area contributed by atoms with Gasteiger partial charge >= 0.3 is 0 Å². The van der Waals surface area contributed by atoms with Gasteiger partial charge in [-0.25, -0.2) is 0 Å². The zero-order chi connectivity index (χ0) is 11.0. The van der Waals surface area contributed by atoms with Gasteiger partial charge in [0.15, 0.2) is 0 Å². The fourth-order valence-electron chi connectivity index (χ4n) is 1.97. The van der Waals surface area contributed by atoms with Gasteiger partial charge in [-0.3, -0.25) is 0 Å². The van der Waals surface area contributed by atoms with E-state index in [0.29, 0.717) is 0 Å². The smallest absolute Gasteiger partial charge is 0.122 e. The molecule has 3 heteroatoms. The van der Waals surface area contributed by atoms with Crippen LogP contribution in [0.4, 0.5) is 0 Å². The van der Waals surface area contributed by atoms with E-state index in [1.807, 2.05) is 24.4 Å². The van der Waals surface area contributed by atoms with Crippen molar-refractivity contribution in [2.24, 2.45) is 0 Å². The summed E-state index contributed by atoms with van der Waals surface area (Å²) in [5, 5.41) is 0. The first-order chi connectivity index (χ1) is 7.83. The highest BCUT2D eigenvalue weighted by molar-refractivity contribution is 7.71. The molecule has 3 rings (SSSR count). The number of pyridine rings is 1. The molecule has 0 atom stereocenters. The Labute approximate surface area is 98.9 Å². The molecule has 16 heavy (non-hydrogen) atoms. The molecule has 0 saturated heterocycles. The highest BCUT2D eigenvalue weighted by atomic mass is 32.1. The van der Waals surface area contributed by atoms with Gasteiger partial charge in [0.25, 0.3) is 0 Å². The third-order valence-corrected chi connectivity index (χ3v) is 3.03. The topological polar surface area (TPSA) is 25.0 Å². The SMILES string of the molecule is S=c1cc[nH]c(-c2ccc3c(c2)CCO3)c1. The first-order valence-electron chi connectivity index (χ1n) is 5.28. The lowest BCUT2D eigenvalue weighted by molar-refractivity contribution is 0.357. The van der Waals surface area contributed by atoms with Gasteiger partial charge in [0, 0.05) is 22.8 Å². The normalized spacial score (nSPS) is 13.2. The predicted molar refractivity (Wildman–Crippen MR) is 66.3 cm³/mol. The molecule has 0 spiro atoms. The minimum atomic E-state index is 0.795. The van der Waals surface area contributed by atoms with Crippen molar-refractivity contribution in [3.63, 3.8) is 0 Å². The Kier molecular flexibility index (Phi) is 2.26. The van der Waals surface area contributed by atoms with E-state index >= 15 is 0 Å². The zero-order valence-electron chi connectivity index (χ0n) is 8.69. The lowest BCUT2D eigenvalue weighted by Gasteiger charge is -2.04. The maximum atomic E-state index is 5.48. The number of ether oxygens (including phenoxy) is 1. The van der Waals surface area contributed by atoms with Crippen molar-refractivity contribution in [1.29, 1.82) is 0 Å². The van der Waals surface area contributed by atoms with Gasteiger partial charge in [-0.1, -0.05) is 12.2 Å². The van der Waals surface area contributed by atoms with E-state index in [9.17, 15) is 0 Å². The van der Waals surface area contributed by atoms with Gasteiger partial charge in [0.05, 0.1) is 6.61 Å². The maximum Gasteiger partial charge on any atom is 0.122 e. The van der Waals surface area contributed by atoms with Crippen molar-refractivity contribution >= 4 is 12.2 Å². The molecular formula is C13H11NOS. The average molecular weight is 229 g/mol.